The van der Waals surface area contributed by atoms with E-state index in [0.717, 1.165) is 19.3 Å². The number of hydrogen-bond donors (Lipinski definition) is 0. The molecule has 1 saturated carbocycles. The number of rotatable bonds is 4. The van der Waals surface area contributed by atoms with E-state index >= 15 is 0 Å². The molecular weight excluding hydrogens is 406 g/mol. The first kappa shape index (κ1) is 20.5. The summed E-state index contributed by atoms with van der Waals surface area (Å²) >= 11 is 0. The van der Waals surface area contributed by atoms with Crippen molar-refractivity contribution in [2.75, 3.05) is 11.5 Å². The standard InChI is InChI=1S/C26H25NO5/c1-2-31-25(30)26-19-15-9-10-16-20(19)32-23(17-11-5-3-6-12-17)21(26)22(28)24(29)27(26)18-13-7-4-8-14-18/h3-8,11-14,19-20H,2,9-10,15-16H2,1H3/t19-,20+,26-/m1/s1. The number of anilines is 1. The van der Waals surface area contributed by atoms with Gasteiger partial charge in [0, 0.05) is 17.2 Å². The number of ether oxygens (including phenoxy) is 2. The summed E-state index contributed by atoms with van der Waals surface area (Å²) in [4.78, 5) is 42.3. The van der Waals surface area contributed by atoms with Gasteiger partial charge in [0.05, 0.1) is 12.2 Å². The van der Waals surface area contributed by atoms with Crippen LogP contribution in [0, 0.1) is 5.92 Å². The number of hydrogen-bond acceptors (Lipinski definition) is 5. The molecule has 0 N–H and O–H groups in total. The van der Waals surface area contributed by atoms with Gasteiger partial charge in [-0.25, -0.2) is 4.79 Å². The van der Waals surface area contributed by atoms with Crippen LogP contribution in [0.25, 0.3) is 5.76 Å². The maximum Gasteiger partial charge on any atom is 0.337 e. The lowest BCUT2D eigenvalue weighted by Crippen LogP contribution is -2.64. The average molecular weight is 431 g/mol. The van der Waals surface area contributed by atoms with Gasteiger partial charge in [0.15, 0.2) is 5.54 Å². The Balaban J connectivity index is 1.85. The second-order valence-corrected chi connectivity index (χ2v) is 8.41. The predicted octanol–water partition coefficient (Wildman–Crippen LogP) is 3.90. The quantitative estimate of drug-likeness (QED) is 0.542. The molecule has 6 nitrogen and oxygen atoms in total. The third kappa shape index (κ3) is 2.82. The summed E-state index contributed by atoms with van der Waals surface area (Å²) in [5.74, 6) is -2.04. The summed E-state index contributed by atoms with van der Waals surface area (Å²) in [5.41, 5.74) is -0.247. The molecule has 32 heavy (non-hydrogen) atoms. The van der Waals surface area contributed by atoms with E-state index in [4.69, 9.17) is 9.47 Å². The highest BCUT2D eigenvalue weighted by molar-refractivity contribution is 6.54. The molecule has 164 valence electrons. The van der Waals surface area contributed by atoms with Gasteiger partial charge in [0.1, 0.15) is 11.9 Å². The second kappa shape index (κ2) is 7.93. The Bertz CT molecular complexity index is 1090. The van der Waals surface area contributed by atoms with Crippen molar-refractivity contribution >= 4 is 29.1 Å². The highest BCUT2D eigenvalue weighted by atomic mass is 16.5. The van der Waals surface area contributed by atoms with Crippen LogP contribution in [0.15, 0.2) is 66.2 Å². The minimum atomic E-state index is -1.54. The van der Waals surface area contributed by atoms with Crippen molar-refractivity contribution in [1.82, 2.24) is 0 Å². The summed E-state index contributed by atoms with van der Waals surface area (Å²) in [6.45, 7) is 1.89. The van der Waals surface area contributed by atoms with Crippen molar-refractivity contribution in [3.8, 4) is 0 Å². The molecule has 2 fully saturated rings. The Hall–Kier alpha value is -3.41. The van der Waals surface area contributed by atoms with Crippen molar-refractivity contribution in [2.24, 2.45) is 5.92 Å². The molecule has 1 aliphatic carbocycles. The van der Waals surface area contributed by atoms with Gasteiger partial charge in [-0.05, 0) is 38.3 Å². The monoisotopic (exact) mass is 431 g/mol. The predicted molar refractivity (Wildman–Crippen MR) is 118 cm³/mol. The van der Waals surface area contributed by atoms with Gasteiger partial charge in [-0.1, -0.05) is 55.0 Å². The van der Waals surface area contributed by atoms with Gasteiger partial charge >= 0.3 is 11.9 Å². The number of nitrogens with zero attached hydrogens (tertiary/aromatic N) is 1. The summed E-state index contributed by atoms with van der Waals surface area (Å²) in [6, 6.07) is 18.2. The van der Waals surface area contributed by atoms with Crippen LogP contribution in [0.2, 0.25) is 0 Å². The number of amides is 1. The zero-order chi connectivity index (χ0) is 22.3. The lowest BCUT2D eigenvalue weighted by molar-refractivity contribution is -0.154. The lowest BCUT2D eigenvalue weighted by Gasteiger charge is -2.49. The maximum atomic E-state index is 13.9. The summed E-state index contributed by atoms with van der Waals surface area (Å²) in [5, 5.41) is 0. The largest absolute Gasteiger partial charge is 0.489 e. The Morgan fingerprint density at radius 1 is 1.03 bits per heavy atom. The van der Waals surface area contributed by atoms with E-state index in [-0.39, 0.29) is 24.2 Å². The molecular formula is C26H25NO5. The number of fused-ring (bicyclic) bond motifs is 3. The summed E-state index contributed by atoms with van der Waals surface area (Å²) < 4.78 is 12.0. The Morgan fingerprint density at radius 2 is 1.69 bits per heavy atom. The van der Waals surface area contributed by atoms with Crippen LogP contribution >= 0.6 is 0 Å². The molecule has 0 spiro atoms. The van der Waals surface area contributed by atoms with Gasteiger partial charge in [-0.2, -0.15) is 0 Å². The zero-order valence-electron chi connectivity index (χ0n) is 18.0. The fourth-order valence-corrected chi connectivity index (χ4v) is 5.49. The van der Waals surface area contributed by atoms with E-state index in [1.807, 2.05) is 36.4 Å². The molecule has 3 aliphatic rings. The topological polar surface area (TPSA) is 72.9 Å². The number of ketones is 1. The number of Topliss-reactive ketones (excluding diaryl/α,β-unsaturated/α-hetero) is 1. The van der Waals surface area contributed by atoms with Gasteiger partial charge in [0.2, 0.25) is 0 Å². The van der Waals surface area contributed by atoms with E-state index in [2.05, 4.69) is 0 Å². The average Bonchev–Trinajstić information content (AvgIpc) is 3.08. The molecule has 6 heteroatoms. The maximum absolute atomic E-state index is 13.9. The molecule has 0 aromatic heterocycles. The smallest absolute Gasteiger partial charge is 0.337 e. The van der Waals surface area contributed by atoms with E-state index in [1.165, 1.54) is 4.90 Å². The fourth-order valence-electron chi connectivity index (χ4n) is 5.49. The van der Waals surface area contributed by atoms with Gasteiger partial charge in [0.25, 0.3) is 5.78 Å². The van der Waals surface area contributed by atoms with Gasteiger partial charge in [-0.15, -0.1) is 0 Å². The number of esters is 1. The van der Waals surface area contributed by atoms with Crippen LogP contribution < -0.4 is 4.90 Å². The van der Waals surface area contributed by atoms with Crippen LogP contribution in [0.4, 0.5) is 5.69 Å². The van der Waals surface area contributed by atoms with Crippen molar-refractivity contribution in [3.05, 3.63) is 71.8 Å². The van der Waals surface area contributed by atoms with Crippen molar-refractivity contribution in [3.63, 3.8) is 0 Å². The summed E-state index contributed by atoms with van der Waals surface area (Å²) in [6.07, 6.45) is 2.98. The van der Waals surface area contributed by atoms with E-state index in [1.54, 1.807) is 31.2 Å². The summed E-state index contributed by atoms with van der Waals surface area (Å²) in [7, 11) is 0. The second-order valence-electron chi connectivity index (χ2n) is 8.41. The van der Waals surface area contributed by atoms with Crippen LogP contribution in [-0.4, -0.2) is 35.9 Å². The number of para-hydroxylation sites is 1. The molecule has 1 saturated heterocycles. The molecule has 0 unspecified atom stereocenters. The Morgan fingerprint density at radius 3 is 2.38 bits per heavy atom. The van der Waals surface area contributed by atoms with E-state index in [0.29, 0.717) is 23.4 Å². The third-order valence-corrected chi connectivity index (χ3v) is 6.73. The molecule has 2 aromatic carbocycles. The van der Waals surface area contributed by atoms with Crippen LogP contribution in [0.1, 0.15) is 38.2 Å². The van der Waals surface area contributed by atoms with E-state index in [9.17, 15) is 14.4 Å². The molecule has 0 bridgehead atoms. The van der Waals surface area contributed by atoms with Crippen molar-refractivity contribution in [2.45, 2.75) is 44.2 Å². The number of carbonyl (C=O) groups excluding carboxylic acids is 3. The van der Waals surface area contributed by atoms with E-state index < -0.39 is 23.2 Å². The molecule has 3 atom stereocenters. The van der Waals surface area contributed by atoms with Crippen LogP contribution in [0.5, 0.6) is 0 Å². The van der Waals surface area contributed by atoms with Crippen LogP contribution in [0.3, 0.4) is 0 Å². The first-order chi connectivity index (χ1) is 15.6. The van der Waals surface area contributed by atoms with Crippen LogP contribution in [-0.2, 0) is 23.9 Å². The third-order valence-electron chi connectivity index (χ3n) is 6.73. The molecule has 2 heterocycles. The molecule has 0 radical (unpaired) electrons. The Kier molecular flexibility index (Phi) is 5.08. The first-order valence-corrected chi connectivity index (χ1v) is 11.2. The Labute approximate surface area is 186 Å². The van der Waals surface area contributed by atoms with Crippen molar-refractivity contribution < 1.29 is 23.9 Å². The zero-order valence-corrected chi connectivity index (χ0v) is 18.0. The lowest BCUT2D eigenvalue weighted by atomic mass is 9.66. The molecule has 5 rings (SSSR count). The minimum absolute atomic E-state index is 0.110. The SMILES string of the molecule is CCOC(=O)[C@]12C(=C(c3ccccc3)O[C@H]3CCCC[C@H]31)C(=O)C(=O)N2c1ccccc1. The molecule has 2 aliphatic heterocycles. The van der Waals surface area contributed by atoms with Gasteiger partial charge < -0.3 is 9.47 Å². The normalized spacial score (nSPS) is 27.0. The number of carbonyl (C=O) groups is 3. The fraction of sp³-hybridized carbons (Fsp3) is 0.346. The van der Waals surface area contributed by atoms with Gasteiger partial charge in [-0.3, -0.25) is 14.5 Å². The number of benzene rings is 2. The first-order valence-electron chi connectivity index (χ1n) is 11.2. The highest BCUT2D eigenvalue weighted by Gasteiger charge is 2.70. The van der Waals surface area contributed by atoms with Crippen molar-refractivity contribution in [1.29, 1.82) is 0 Å². The highest BCUT2D eigenvalue weighted by Crippen LogP contribution is 2.54. The molecule has 1 amide bonds. The minimum Gasteiger partial charge on any atom is -0.489 e. The molecule has 2 aromatic rings.